The van der Waals surface area contributed by atoms with Crippen molar-refractivity contribution in [3.63, 3.8) is 0 Å². The Morgan fingerprint density at radius 2 is 1.66 bits per heavy atom. The van der Waals surface area contributed by atoms with Crippen LogP contribution in [0, 0.1) is 17.2 Å². The van der Waals surface area contributed by atoms with E-state index in [4.69, 9.17) is 19.9 Å². The number of nitriles is 1. The van der Waals surface area contributed by atoms with Crippen LogP contribution in [0.4, 0.5) is 0 Å². The van der Waals surface area contributed by atoms with E-state index in [1.807, 2.05) is 48.5 Å². The molecule has 2 aromatic rings. The van der Waals surface area contributed by atoms with E-state index in [-0.39, 0.29) is 11.8 Å². The summed E-state index contributed by atoms with van der Waals surface area (Å²) in [5.41, 5.74) is 11.1. The molecule has 0 saturated carbocycles. The van der Waals surface area contributed by atoms with E-state index >= 15 is 0 Å². The molecular formula is C27H28N2O3. The van der Waals surface area contributed by atoms with Crippen molar-refractivity contribution in [2.24, 2.45) is 11.7 Å². The zero-order valence-corrected chi connectivity index (χ0v) is 18.7. The predicted octanol–water partition coefficient (Wildman–Crippen LogP) is 5.67. The normalized spacial score (nSPS) is 21.6. The second-order valence-corrected chi connectivity index (χ2v) is 8.18. The van der Waals surface area contributed by atoms with E-state index in [0.29, 0.717) is 11.5 Å². The SMILES string of the molecule is CCC1CC2=C(OC(N)=C(C#N)C2c2ccc(OC)cc2)/C(=C/c2ccc(OC)cc2)C1. The van der Waals surface area contributed by atoms with Gasteiger partial charge in [-0.2, -0.15) is 5.26 Å². The first-order valence-corrected chi connectivity index (χ1v) is 10.9. The molecule has 0 radical (unpaired) electrons. The highest BCUT2D eigenvalue weighted by Gasteiger charge is 2.37. The fourth-order valence-corrected chi connectivity index (χ4v) is 4.55. The first-order valence-electron chi connectivity index (χ1n) is 10.9. The number of hydrogen-bond donors (Lipinski definition) is 1. The lowest BCUT2D eigenvalue weighted by Crippen LogP contribution is -2.26. The van der Waals surface area contributed by atoms with Crippen LogP contribution in [0.2, 0.25) is 0 Å². The maximum Gasteiger partial charge on any atom is 0.205 e. The third-order valence-electron chi connectivity index (χ3n) is 6.32. The molecule has 2 aromatic carbocycles. The van der Waals surface area contributed by atoms with Gasteiger partial charge in [0, 0.05) is 5.92 Å². The smallest absolute Gasteiger partial charge is 0.205 e. The minimum atomic E-state index is -0.219. The molecule has 0 aromatic heterocycles. The fraction of sp³-hybridized carbons (Fsp3) is 0.296. The van der Waals surface area contributed by atoms with E-state index in [9.17, 15) is 5.26 Å². The molecule has 2 aliphatic rings. The summed E-state index contributed by atoms with van der Waals surface area (Å²) in [4.78, 5) is 0. The molecule has 32 heavy (non-hydrogen) atoms. The minimum Gasteiger partial charge on any atom is -0.497 e. The predicted molar refractivity (Wildman–Crippen MR) is 125 cm³/mol. The molecule has 2 unspecified atom stereocenters. The molecule has 5 nitrogen and oxygen atoms in total. The largest absolute Gasteiger partial charge is 0.497 e. The highest BCUT2D eigenvalue weighted by atomic mass is 16.5. The van der Waals surface area contributed by atoms with Crippen molar-refractivity contribution in [3.8, 4) is 17.6 Å². The maximum absolute atomic E-state index is 9.92. The van der Waals surface area contributed by atoms with Crippen LogP contribution in [0.5, 0.6) is 11.5 Å². The summed E-state index contributed by atoms with van der Waals surface area (Å²) in [6.45, 7) is 2.21. The van der Waals surface area contributed by atoms with Gasteiger partial charge in [-0.1, -0.05) is 37.6 Å². The molecule has 2 atom stereocenters. The van der Waals surface area contributed by atoms with Crippen LogP contribution in [-0.2, 0) is 4.74 Å². The zero-order chi connectivity index (χ0) is 22.7. The molecule has 0 fully saturated rings. The Balaban J connectivity index is 1.82. The molecule has 0 saturated heterocycles. The topological polar surface area (TPSA) is 77.5 Å². The second-order valence-electron chi connectivity index (χ2n) is 8.18. The van der Waals surface area contributed by atoms with Crippen molar-refractivity contribution in [1.82, 2.24) is 0 Å². The Hall–Kier alpha value is -3.65. The molecule has 5 heteroatoms. The van der Waals surface area contributed by atoms with Crippen LogP contribution in [-0.4, -0.2) is 14.2 Å². The summed E-state index contributed by atoms with van der Waals surface area (Å²) in [6.07, 6.45) is 4.99. The van der Waals surface area contributed by atoms with E-state index < -0.39 is 0 Å². The van der Waals surface area contributed by atoms with Gasteiger partial charge in [-0.25, -0.2) is 0 Å². The van der Waals surface area contributed by atoms with Gasteiger partial charge in [0.1, 0.15) is 28.9 Å². The molecule has 0 bridgehead atoms. The van der Waals surface area contributed by atoms with Gasteiger partial charge >= 0.3 is 0 Å². The lowest BCUT2D eigenvalue weighted by Gasteiger charge is -2.36. The molecule has 0 spiro atoms. The summed E-state index contributed by atoms with van der Waals surface area (Å²) in [5, 5.41) is 9.92. The zero-order valence-electron chi connectivity index (χ0n) is 18.7. The lowest BCUT2D eigenvalue weighted by atomic mass is 9.73. The summed E-state index contributed by atoms with van der Waals surface area (Å²) < 4.78 is 16.7. The third kappa shape index (κ3) is 4.09. The van der Waals surface area contributed by atoms with Crippen LogP contribution < -0.4 is 15.2 Å². The van der Waals surface area contributed by atoms with Gasteiger partial charge in [0.15, 0.2) is 0 Å². The molecule has 1 aliphatic heterocycles. The number of allylic oxidation sites excluding steroid dienone is 3. The van der Waals surface area contributed by atoms with E-state index in [2.05, 4.69) is 19.1 Å². The van der Waals surface area contributed by atoms with Crippen LogP contribution in [0.1, 0.15) is 43.2 Å². The van der Waals surface area contributed by atoms with Gasteiger partial charge < -0.3 is 19.9 Å². The standard InChI is InChI=1S/C27H28N2O3/c1-4-17-13-20(14-18-5-9-21(30-2)10-6-18)26-23(15-17)25(24(16-28)27(29)32-26)19-7-11-22(31-3)12-8-19/h5-12,14,17,25H,4,13,15,29H2,1-3H3/b20-14+. The molecule has 4 rings (SSSR count). The summed E-state index contributed by atoms with van der Waals surface area (Å²) >= 11 is 0. The third-order valence-corrected chi connectivity index (χ3v) is 6.32. The summed E-state index contributed by atoms with van der Waals surface area (Å²) in [6, 6.07) is 18.1. The quantitative estimate of drug-likeness (QED) is 0.664. The van der Waals surface area contributed by atoms with Crippen molar-refractivity contribution in [2.75, 3.05) is 14.2 Å². The number of methoxy groups -OCH3 is 2. The van der Waals surface area contributed by atoms with Gasteiger partial charge in [0.2, 0.25) is 5.88 Å². The Kier molecular flexibility index (Phi) is 6.23. The van der Waals surface area contributed by atoms with Gasteiger partial charge in [-0.3, -0.25) is 0 Å². The Morgan fingerprint density at radius 3 is 2.22 bits per heavy atom. The van der Waals surface area contributed by atoms with Gasteiger partial charge in [0.25, 0.3) is 0 Å². The van der Waals surface area contributed by atoms with Crippen molar-refractivity contribution in [2.45, 2.75) is 32.1 Å². The van der Waals surface area contributed by atoms with Crippen LogP contribution in [0.25, 0.3) is 6.08 Å². The first kappa shape index (κ1) is 21.6. The van der Waals surface area contributed by atoms with Crippen molar-refractivity contribution in [3.05, 3.63) is 88.0 Å². The Bertz CT molecular complexity index is 1120. The molecule has 2 N–H and O–H groups in total. The monoisotopic (exact) mass is 428 g/mol. The fourth-order valence-electron chi connectivity index (χ4n) is 4.55. The number of ether oxygens (including phenoxy) is 3. The molecule has 1 aliphatic carbocycles. The highest BCUT2D eigenvalue weighted by molar-refractivity contribution is 5.63. The van der Waals surface area contributed by atoms with Gasteiger partial charge in [-0.05, 0) is 71.4 Å². The lowest BCUT2D eigenvalue weighted by molar-refractivity contribution is 0.265. The van der Waals surface area contributed by atoms with Crippen molar-refractivity contribution < 1.29 is 14.2 Å². The second kappa shape index (κ2) is 9.23. The molecule has 164 valence electrons. The molecule has 1 heterocycles. The van der Waals surface area contributed by atoms with Crippen LogP contribution in [0.3, 0.4) is 0 Å². The van der Waals surface area contributed by atoms with Gasteiger partial charge in [-0.15, -0.1) is 0 Å². The number of nitrogens with zero attached hydrogens (tertiary/aromatic N) is 1. The van der Waals surface area contributed by atoms with Crippen molar-refractivity contribution >= 4 is 6.08 Å². The highest BCUT2D eigenvalue weighted by Crippen LogP contribution is 2.49. The summed E-state index contributed by atoms with van der Waals surface area (Å²) in [7, 11) is 3.31. The van der Waals surface area contributed by atoms with Gasteiger partial charge in [0.05, 0.1) is 14.2 Å². The molecule has 0 amide bonds. The molecular weight excluding hydrogens is 400 g/mol. The maximum atomic E-state index is 9.92. The summed E-state index contributed by atoms with van der Waals surface area (Å²) in [5.74, 6) is 2.85. The van der Waals surface area contributed by atoms with E-state index in [1.54, 1.807) is 14.2 Å². The average molecular weight is 429 g/mol. The number of nitrogens with two attached hydrogens (primary N) is 1. The van der Waals surface area contributed by atoms with Crippen molar-refractivity contribution in [1.29, 1.82) is 5.26 Å². The minimum absolute atomic E-state index is 0.183. The number of rotatable bonds is 5. The first-order chi connectivity index (χ1) is 15.6. The Morgan fingerprint density at radius 1 is 1.03 bits per heavy atom. The Labute approximate surface area is 189 Å². The average Bonchev–Trinajstić information content (AvgIpc) is 2.84. The van der Waals surface area contributed by atoms with Crippen LogP contribution >= 0.6 is 0 Å². The number of hydrogen-bond acceptors (Lipinski definition) is 5. The van der Waals surface area contributed by atoms with E-state index in [1.165, 1.54) is 0 Å². The van der Waals surface area contributed by atoms with E-state index in [0.717, 1.165) is 58.8 Å². The number of benzene rings is 2. The van der Waals surface area contributed by atoms with Crippen LogP contribution in [0.15, 0.2) is 76.9 Å².